The molecule has 0 aliphatic rings. The van der Waals surface area contributed by atoms with Crippen molar-refractivity contribution in [2.75, 3.05) is 0 Å². The molecule has 6 nitrogen and oxygen atoms in total. The van der Waals surface area contributed by atoms with E-state index >= 15 is 0 Å². The lowest BCUT2D eigenvalue weighted by Crippen LogP contribution is -2.04. The lowest BCUT2D eigenvalue weighted by molar-refractivity contribution is -0.129. The van der Waals surface area contributed by atoms with Gasteiger partial charge in [0.25, 0.3) is 0 Å². The maximum Gasteiger partial charge on any atom is 0.336 e. The number of carbonyl (C=O) groups is 1. The average Bonchev–Trinajstić information content (AvgIpc) is 2.82. The SMILES string of the molecule is CC(C)=CC(=O)Oc1ccc(-n2cnnn2)cc1. The zero-order valence-corrected chi connectivity index (χ0v) is 10.1. The van der Waals surface area contributed by atoms with Crippen molar-refractivity contribution in [3.05, 3.63) is 42.2 Å². The first-order valence-corrected chi connectivity index (χ1v) is 5.35. The predicted molar refractivity (Wildman–Crippen MR) is 64.2 cm³/mol. The Hall–Kier alpha value is -2.50. The maximum absolute atomic E-state index is 11.4. The van der Waals surface area contributed by atoms with E-state index < -0.39 is 0 Å². The molecule has 0 radical (unpaired) electrons. The third kappa shape index (κ3) is 3.00. The van der Waals surface area contributed by atoms with Crippen LogP contribution in [0.3, 0.4) is 0 Å². The molecule has 92 valence electrons. The van der Waals surface area contributed by atoms with Crippen LogP contribution in [-0.2, 0) is 4.79 Å². The Kier molecular flexibility index (Phi) is 3.47. The molecule has 0 bridgehead atoms. The number of ether oxygens (including phenoxy) is 1. The Morgan fingerprint density at radius 3 is 2.56 bits per heavy atom. The summed E-state index contributed by atoms with van der Waals surface area (Å²) < 4.78 is 6.64. The van der Waals surface area contributed by atoms with Crippen LogP contribution in [0.4, 0.5) is 0 Å². The van der Waals surface area contributed by atoms with Crippen molar-refractivity contribution in [1.82, 2.24) is 20.2 Å². The molecule has 0 saturated carbocycles. The van der Waals surface area contributed by atoms with Crippen LogP contribution >= 0.6 is 0 Å². The minimum atomic E-state index is -0.384. The zero-order valence-electron chi connectivity index (χ0n) is 10.1. The molecule has 0 spiro atoms. The summed E-state index contributed by atoms with van der Waals surface area (Å²) >= 11 is 0. The maximum atomic E-state index is 11.4. The number of carbonyl (C=O) groups excluding carboxylic acids is 1. The molecule has 0 saturated heterocycles. The van der Waals surface area contributed by atoms with Gasteiger partial charge in [-0.2, -0.15) is 0 Å². The van der Waals surface area contributed by atoms with Crippen molar-refractivity contribution in [1.29, 1.82) is 0 Å². The molecule has 0 N–H and O–H groups in total. The van der Waals surface area contributed by atoms with Gasteiger partial charge in [-0.05, 0) is 48.5 Å². The standard InChI is InChI=1S/C12H12N4O2/c1-9(2)7-12(17)18-11-5-3-10(4-6-11)16-8-13-14-15-16/h3-8H,1-2H3. The van der Waals surface area contributed by atoms with Crippen molar-refractivity contribution < 1.29 is 9.53 Å². The van der Waals surface area contributed by atoms with Crippen LogP contribution in [0.2, 0.25) is 0 Å². The molecule has 2 aromatic rings. The summed E-state index contributed by atoms with van der Waals surface area (Å²) in [5.74, 6) is 0.0968. The number of nitrogens with zero attached hydrogens (tertiary/aromatic N) is 4. The Labute approximate surface area is 104 Å². The number of rotatable bonds is 3. The summed E-state index contributed by atoms with van der Waals surface area (Å²) in [6.07, 6.45) is 2.93. The van der Waals surface area contributed by atoms with Gasteiger partial charge in [0.1, 0.15) is 12.1 Å². The molecule has 0 aliphatic heterocycles. The lowest BCUT2D eigenvalue weighted by Gasteiger charge is -2.03. The Balaban J connectivity index is 2.09. The van der Waals surface area contributed by atoms with Crippen LogP contribution in [0.5, 0.6) is 5.75 Å². The second-order valence-corrected chi connectivity index (χ2v) is 3.89. The molecule has 0 atom stereocenters. The van der Waals surface area contributed by atoms with Gasteiger partial charge in [-0.25, -0.2) is 9.48 Å². The molecular weight excluding hydrogens is 232 g/mol. The van der Waals surface area contributed by atoms with Crippen LogP contribution < -0.4 is 4.74 Å². The van der Waals surface area contributed by atoms with Gasteiger partial charge in [-0.15, -0.1) is 5.10 Å². The summed E-state index contributed by atoms with van der Waals surface area (Å²) in [4.78, 5) is 11.4. The second kappa shape index (κ2) is 5.22. The molecule has 0 amide bonds. The molecule has 1 aromatic carbocycles. The van der Waals surface area contributed by atoms with Crippen LogP contribution in [-0.4, -0.2) is 26.2 Å². The first-order chi connectivity index (χ1) is 8.65. The number of esters is 1. The topological polar surface area (TPSA) is 69.9 Å². The predicted octanol–water partition coefficient (Wildman–Crippen LogP) is 1.53. The molecule has 18 heavy (non-hydrogen) atoms. The van der Waals surface area contributed by atoms with Crippen molar-refractivity contribution in [3.8, 4) is 11.4 Å². The average molecular weight is 244 g/mol. The third-order valence-electron chi connectivity index (χ3n) is 2.08. The van der Waals surface area contributed by atoms with Gasteiger partial charge in [0.15, 0.2) is 0 Å². The molecule has 2 rings (SSSR count). The van der Waals surface area contributed by atoms with Gasteiger partial charge in [0, 0.05) is 6.08 Å². The highest BCUT2D eigenvalue weighted by Gasteiger charge is 2.02. The largest absolute Gasteiger partial charge is 0.423 e. The van der Waals surface area contributed by atoms with Gasteiger partial charge >= 0.3 is 5.97 Å². The van der Waals surface area contributed by atoms with Gasteiger partial charge < -0.3 is 4.74 Å². The summed E-state index contributed by atoms with van der Waals surface area (Å²) in [6.45, 7) is 3.67. The zero-order chi connectivity index (χ0) is 13.0. The van der Waals surface area contributed by atoms with E-state index in [2.05, 4.69) is 15.5 Å². The normalized spacial score (nSPS) is 9.89. The number of hydrogen-bond acceptors (Lipinski definition) is 5. The van der Waals surface area contributed by atoms with Gasteiger partial charge in [-0.3, -0.25) is 0 Å². The summed E-state index contributed by atoms with van der Waals surface area (Å²) in [5, 5.41) is 10.8. The minimum absolute atomic E-state index is 0.384. The second-order valence-electron chi connectivity index (χ2n) is 3.89. The van der Waals surface area contributed by atoms with Crippen molar-refractivity contribution in [2.24, 2.45) is 0 Å². The Morgan fingerprint density at radius 2 is 2.00 bits per heavy atom. The molecule has 0 unspecified atom stereocenters. The number of allylic oxidation sites excluding steroid dienone is 1. The van der Waals surface area contributed by atoms with E-state index in [0.717, 1.165) is 11.3 Å². The van der Waals surface area contributed by atoms with Crippen LogP contribution in [0.15, 0.2) is 42.2 Å². The highest BCUT2D eigenvalue weighted by molar-refractivity contribution is 5.84. The van der Waals surface area contributed by atoms with Gasteiger partial charge in [-0.1, -0.05) is 5.57 Å². The van der Waals surface area contributed by atoms with E-state index in [1.54, 1.807) is 24.3 Å². The molecule has 1 aromatic heterocycles. The van der Waals surface area contributed by atoms with Gasteiger partial charge in [0.05, 0.1) is 5.69 Å². The number of aromatic nitrogens is 4. The minimum Gasteiger partial charge on any atom is -0.423 e. The Morgan fingerprint density at radius 1 is 1.28 bits per heavy atom. The van der Waals surface area contributed by atoms with Crippen LogP contribution in [0.25, 0.3) is 5.69 Å². The number of tetrazole rings is 1. The highest BCUT2D eigenvalue weighted by atomic mass is 16.5. The van der Waals surface area contributed by atoms with Crippen LogP contribution in [0, 0.1) is 0 Å². The molecule has 0 aliphatic carbocycles. The van der Waals surface area contributed by atoms with Crippen molar-refractivity contribution in [3.63, 3.8) is 0 Å². The Bertz CT molecular complexity index is 554. The number of hydrogen-bond donors (Lipinski definition) is 0. The summed E-state index contributed by atoms with van der Waals surface area (Å²) in [5.41, 5.74) is 1.69. The van der Waals surface area contributed by atoms with Crippen molar-refractivity contribution >= 4 is 5.97 Å². The molecular formula is C12H12N4O2. The van der Waals surface area contributed by atoms with E-state index in [4.69, 9.17) is 4.74 Å². The fourth-order valence-corrected chi connectivity index (χ4v) is 1.33. The quantitative estimate of drug-likeness (QED) is 0.465. The molecule has 0 fully saturated rings. The summed E-state index contributed by atoms with van der Waals surface area (Å²) in [6, 6.07) is 6.91. The van der Waals surface area contributed by atoms with Crippen LogP contribution in [0.1, 0.15) is 13.8 Å². The van der Waals surface area contributed by atoms with E-state index in [1.807, 2.05) is 13.8 Å². The monoisotopic (exact) mass is 244 g/mol. The number of benzene rings is 1. The molecule has 6 heteroatoms. The third-order valence-corrected chi connectivity index (χ3v) is 2.08. The fourth-order valence-electron chi connectivity index (χ4n) is 1.33. The van der Waals surface area contributed by atoms with E-state index in [1.165, 1.54) is 17.1 Å². The fraction of sp³-hybridized carbons (Fsp3) is 0.167. The molecule has 1 heterocycles. The van der Waals surface area contributed by atoms with Crippen molar-refractivity contribution in [2.45, 2.75) is 13.8 Å². The van der Waals surface area contributed by atoms with E-state index in [9.17, 15) is 4.79 Å². The highest BCUT2D eigenvalue weighted by Crippen LogP contribution is 2.14. The first-order valence-electron chi connectivity index (χ1n) is 5.35. The summed E-state index contributed by atoms with van der Waals surface area (Å²) in [7, 11) is 0. The first kappa shape index (κ1) is 12.0. The van der Waals surface area contributed by atoms with E-state index in [0.29, 0.717) is 5.75 Å². The van der Waals surface area contributed by atoms with E-state index in [-0.39, 0.29) is 5.97 Å². The smallest absolute Gasteiger partial charge is 0.336 e. The van der Waals surface area contributed by atoms with Gasteiger partial charge in [0.2, 0.25) is 0 Å². The lowest BCUT2D eigenvalue weighted by atomic mass is 10.3.